The smallest absolute Gasteiger partial charge is 0.547 e. The van der Waals surface area contributed by atoms with Crippen molar-refractivity contribution < 1.29 is 44.6 Å². The maximum absolute atomic E-state index is 10.3. The molecule has 0 aromatic rings. The molecule has 0 rings (SSSR count). The number of carboxylic acids is 1. The number of hydrogen-bond donors (Lipinski definition) is 1. The normalized spacial score (nSPS) is 13.0. The molecular formula is C18H29NaO3. The van der Waals surface area contributed by atoms with Gasteiger partial charge in [0.2, 0.25) is 0 Å². The van der Waals surface area contributed by atoms with Gasteiger partial charge in [-0.3, -0.25) is 0 Å². The minimum atomic E-state index is -1.36. The van der Waals surface area contributed by atoms with E-state index in [0.29, 0.717) is 6.42 Å². The molecule has 0 saturated heterocycles. The molecule has 1 unspecified atom stereocenters. The van der Waals surface area contributed by atoms with Gasteiger partial charge in [-0.1, -0.05) is 62.6 Å². The topological polar surface area (TPSA) is 60.4 Å². The predicted molar refractivity (Wildman–Crippen MR) is 85.7 cm³/mol. The summed E-state index contributed by atoms with van der Waals surface area (Å²) in [5.74, 6) is -1.36. The van der Waals surface area contributed by atoms with Crippen LogP contribution >= 0.6 is 0 Å². The first-order valence-corrected chi connectivity index (χ1v) is 8.02. The molecule has 0 aliphatic heterocycles. The standard InChI is InChI=1S/C18H30O3.Na/c1-2-3-4-5-6-7-8-9-10-11-12-13-14-15-16-17(19)18(20)21;/h3-4,6-7,9-10,17,19H,2,5,8,11-16H2,1H3,(H,20,21);/q;+1/p-1/b4-3-,7-6-,10-9-;. The van der Waals surface area contributed by atoms with Gasteiger partial charge in [-0.15, -0.1) is 0 Å². The summed E-state index contributed by atoms with van der Waals surface area (Å²) in [7, 11) is 0. The Hall–Kier alpha value is -0.350. The average Bonchev–Trinajstić information content (AvgIpc) is 2.47. The first-order chi connectivity index (χ1) is 10.2. The molecule has 0 amide bonds. The SMILES string of the molecule is CC/C=C\C/C=C\C/C=C\CCCCCCC(O)C(=O)[O-].[Na+]. The van der Waals surface area contributed by atoms with Crippen LogP contribution in [0, 0.1) is 0 Å². The van der Waals surface area contributed by atoms with Crippen LogP contribution in [0.4, 0.5) is 0 Å². The molecule has 0 bridgehead atoms. The molecule has 0 spiro atoms. The molecule has 22 heavy (non-hydrogen) atoms. The average molecular weight is 316 g/mol. The van der Waals surface area contributed by atoms with Gasteiger partial charge in [-0.25, -0.2) is 0 Å². The minimum absolute atomic E-state index is 0. The molecule has 0 aliphatic carbocycles. The Balaban J connectivity index is 0. The minimum Gasteiger partial charge on any atom is -0.547 e. The molecule has 0 radical (unpaired) electrons. The van der Waals surface area contributed by atoms with Gasteiger partial charge in [0, 0.05) is 0 Å². The van der Waals surface area contributed by atoms with Crippen LogP contribution in [-0.2, 0) is 4.79 Å². The third-order valence-corrected chi connectivity index (χ3v) is 3.15. The molecule has 1 atom stereocenters. The zero-order valence-electron chi connectivity index (χ0n) is 14.2. The maximum atomic E-state index is 10.3. The van der Waals surface area contributed by atoms with E-state index in [4.69, 9.17) is 5.11 Å². The van der Waals surface area contributed by atoms with E-state index in [2.05, 4.69) is 43.4 Å². The number of unbranched alkanes of at least 4 members (excludes halogenated alkanes) is 4. The van der Waals surface area contributed by atoms with Crippen LogP contribution in [0.3, 0.4) is 0 Å². The summed E-state index contributed by atoms with van der Waals surface area (Å²) >= 11 is 0. The zero-order valence-corrected chi connectivity index (χ0v) is 16.2. The van der Waals surface area contributed by atoms with Crippen LogP contribution in [0.5, 0.6) is 0 Å². The van der Waals surface area contributed by atoms with Crippen molar-refractivity contribution in [3.63, 3.8) is 0 Å². The Morgan fingerprint density at radius 2 is 1.50 bits per heavy atom. The Morgan fingerprint density at radius 3 is 2.09 bits per heavy atom. The van der Waals surface area contributed by atoms with Crippen LogP contribution in [0.15, 0.2) is 36.5 Å². The fraction of sp³-hybridized carbons (Fsp3) is 0.611. The second-order valence-electron chi connectivity index (χ2n) is 5.12. The van der Waals surface area contributed by atoms with Crippen molar-refractivity contribution in [1.82, 2.24) is 0 Å². The van der Waals surface area contributed by atoms with Crippen molar-refractivity contribution in [3.8, 4) is 0 Å². The van der Waals surface area contributed by atoms with E-state index in [1.807, 2.05) is 0 Å². The number of aliphatic carboxylic acids is 1. The number of carbonyl (C=O) groups excluding carboxylic acids is 1. The number of aliphatic hydroxyl groups excluding tert-OH is 1. The number of carbonyl (C=O) groups is 1. The van der Waals surface area contributed by atoms with Crippen molar-refractivity contribution in [2.75, 3.05) is 0 Å². The second kappa shape index (κ2) is 18.7. The van der Waals surface area contributed by atoms with E-state index in [0.717, 1.165) is 51.4 Å². The summed E-state index contributed by atoms with van der Waals surface area (Å²) in [6.45, 7) is 2.13. The van der Waals surface area contributed by atoms with Gasteiger partial charge < -0.3 is 15.0 Å². The second-order valence-corrected chi connectivity index (χ2v) is 5.12. The fourth-order valence-corrected chi connectivity index (χ4v) is 1.90. The molecule has 1 N–H and O–H groups in total. The number of allylic oxidation sites excluding steroid dienone is 6. The molecule has 3 nitrogen and oxygen atoms in total. The van der Waals surface area contributed by atoms with Crippen LogP contribution in [0.1, 0.15) is 64.7 Å². The first-order valence-electron chi connectivity index (χ1n) is 8.02. The Bertz CT molecular complexity index is 335. The molecule has 0 aromatic heterocycles. The molecule has 0 heterocycles. The quantitative estimate of drug-likeness (QED) is 0.302. The summed E-state index contributed by atoms with van der Waals surface area (Å²) in [5.41, 5.74) is 0. The van der Waals surface area contributed by atoms with Crippen molar-refractivity contribution in [2.24, 2.45) is 0 Å². The summed E-state index contributed by atoms with van der Waals surface area (Å²) in [6, 6.07) is 0. The van der Waals surface area contributed by atoms with Gasteiger partial charge in [0.05, 0.1) is 12.1 Å². The first kappa shape index (κ1) is 23.9. The Kier molecular flexibility index (Phi) is 20.3. The Morgan fingerprint density at radius 1 is 0.955 bits per heavy atom. The van der Waals surface area contributed by atoms with Crippen LogP contribution in [-0.4, -0.2) is 17.2 Å². The van der Waals surface area contributed by atoms with Gasteiger partial charge in [0.1, 0.15) is 0 Å². The number of carboxylic acid groups (broad SMARTS) is 1. The summed E-state index contributed by atoms with van der Waals surface area (Å²) < 4.78 is 0. The van der Waals surface area contributed by atoms with Crippen molar-refractivity contribution in [1.29, 1.82) is 0 Å². The molecule has 0 fully saturated rings. The number of hydrogen-bond acceptors (Lipinski definition) is 3. The summed E-state index contributed by atoms with van der Waals surface area (Å²) in [6.07, 6.45) is 20.1. The van der Waals surface area contributed by atoms with Crippen molar-refractivity contribution >= 4 is 5.97 Å². The van der Waals surface area contributed by atoms with Crippen molar-refractivity contribution in [2.45, 2.75) is 70.8 Å². The number of aliphatic hydroxyl groups is 1. The predicted octanol–water partition coefficient (Wildman–Crippen LogP) is 0.301. The molecule has 4 heteroatoms. The van der Waals surface area contributed by atoms with Gasteiger partial charge in [0.25, 0.3) is 0 Å². The molecule has 0 aromatic carbocycles. The third kappa shape index (κ3) is 17.7. The van der Waals surface area contributed by atoms with Crippen LogP contribution in [0.2, 0.25) is 0 Å². The van der Waals surface area contributed by atoms with E-state index in [1.165, 1.54) is 0 Å². The van der Waals surface area contributed by atoms with Gasteiger partial charge in [-0.05, 0) is 38.5 Å². The van der Waals surface area contributed by atoms with E-state index < -0.39 is 12.1 Å². The monoisotopic (exact) mass is 316 g/mol. The molecule has 0 aliphatic rings. The van der Waals surface area contributed by atoms with Crippen LogP contribution in [0.25, 0.3) is 0 Å². The van der Waals surface area contributed by atoms with E-state index in [-0.39, 0.29) is 29.6 Å². The molecule has 0 saturated carbocycles. The Labute approximate surface area is 157 Å². The third-order valence-electron chi connectivity index (χ3n) is 3.15. The van der Waals surface area contributed by atoms with E-state index >= 15 is 0 Å². The fourth-order valence-electron chi connectivity index (χ4n) is 1.90. The van der Waals surface area contributed by atoms with Crippen molar-refractivity contribution in [3.05, 3.63) is 36.5 Å². The summed E-state index contributed by atoms with van der Waals surface area (Å²) in [5, 5.41) is 19.3. The number of rotatable bonds is 13. The molecule has 120 valence electrons. The van der Waals surface area contributed by atoms with Gasteiger partial charge in [-0.2, -0.15) is 0 Å². The molecular weight excluding hydrogens is 287 g/mol. The van der Waals surface area contributed by atoms with E-state index in [1.54, 1.807) is 0 Å². The van der Waals surface area contributed by atoms with Gasteiger partial charge in [0.15, 0.2) is 0 Å². The maximum Gasteiger partial charge on any atom is 1.00 e. The largest absolute Gasteiger partial charge is 1.00 e. The zero-order chi connectivity index (χ0) is 15.8. The van der Waals surface area contributed by atoms with Gasteiger partial charge >= 0.3 is 29.6 Å². The summed E-state index contributed by atoms with van der Waals surface area (Å²) in [4.78, 5) is 10.3. The van der Waals surface area contributed by atoms with E-state index in [9.17, 15) is 9.90 Å². The van der Waals surface area contributed by atoms with Crippen LogP contribution < -0.4 is 34.7 Å².